The van der Waals surface area contributed by atoms with E-state index in [1.807, 2.05) is 58.2 Å². The Balaban J connectivity index is 1.25. The molecule has 3 N–H and O–H groups in total. The summed E-state index contributed by atoms with van der Waals surface area (Å²) in [6, 6.07) is 10.7. The number of H-pyrrole nitrogens is 1. The molecule has 5 aromatic heterocycles. The molecule has 186 valence electrons. The lowest BCUT2D eigenvalue weighted by Gasteiger charge is -2.14. The van der Waals surface area contributed by atoms with Crippen LogP contribution in [0, 0.1) is 20.8 Å². The lowest BCUT2D eigenvalue weighted by Crippen LogP contribution is -2.27. The number of anilines is 2. The Bertz CT molecular complexity index is 1540. The van der Waals surface area contributed by atoms with Crippen molar-refractivity contribution < 1.29 is 4.79 Å². The molecule has 0 aliphatic carbocycles. The number of nitrogens with zero attached hydrogens (tertiary/aromatic N) is 7. The molecule has 5 aromatic rings. The summed E-state index contributed by atoms with van der Waals surface area (Å²) in [5.41, 5.74) is 4.66. The SMILES string of the molecule is Cc1cnn(-c2ccc([C@@H](C)NC(=O)c3ccc(-c4nc(C)cc(Nc5cc(C)[nH]n5)n4)cn3)cn2)c1. The van der Waals surface area contributed by atoms with Crippen LogP contribution in [0.15, 0.2) is 61.2 Å². The van der Waals surface area contributed by atoms with E-state index in [9.17, 15) is 4.79 Å². The second-order valence-electron chi connectivity index (χ2n) is 8.82. The number of rotatable bonds is 7. The van der Waals surface area contributed by atoms with Crippen molar-refractivity contribution in [2.45, 2.75) is 33.7 Å². The van der Waals surface area contributed by atoms with Crippen LogP contribution in [0.25, 0.3) is 17.2 Å². The van der Waals surface area contributed by atoms with Crippen molar-refractivity contribution in [3.8, 4) is 17.2 Å². The molecule has 0 saturated heterocycles. The molecule has 1 atom stereocenters. The maximum absolute atomic E-state index is 12.8. The highest BCUT2D eigenvalue weighted by molar-refractivity contribution is 5.92. The molecule has 11 heteroatoms. The van der Waals surface area contributed by atoms with Gasteiger partial charge in [-0.05, 0) is 57.0 Å². The molecule has 0 fully saturated rings. The Morgan fingerprint density at radius 3 is 2.49 bits per heavy atom. The first-order valence-electron chi connectivity index (χ1n) is 11.7. The molecular formula is C26H26N10O. The summed E-state index contributed by atoms with van der Waals surface area (Å²) in [7, 11) is 0. The van der Waals surface area contributed by atoms with E-state index in [-0.39, 0.29) is 11.9 Å². The van der Waals surface area contributed by atoms with Gasteiger partial charge in [0.2, 0.25) is 0 Å². The summed E-state index contributed by atoms with van der Waals surface area (Å²) in [4.78, 5) is 30.7. The summed E-state index contributed by atoms with van der Waals surface area (Å²) in [6.07, 6.45) is 7.01. The number of aryl methyl sites for hydroxylation is 3. The third-order valence-corrected chi connectivity index (χ3v) is 5.64. The normalized spacial score (nSPS) is 11.8. The first kappa shape index (κ1) is 23.8. The maximum Gasteiger partial charge on any atom is 0.270 e. The van der Waals surface area contributed by atoms with Crippen LogP contribution < -0.4 is 10.6 Å². The third-order valence-electron chi connectivity index (χ3n) is 5.64. The zero-order valence-corrected chi connectivity index (χ0v) is 20.9. The predicted molar refractivity (Wildman–Crippen MR) is 139 cm³/mol. The van der Waals surface area contributed by atoms with E-state index in [0.717, 1.165) is 22.5 Å². The first-order valence-corrected chi connectivity index (χ1v) is 11.7. The lowest BCUT2D eigenvalue weighted by molar-refractivity contribution is 0.0935. The van der Waals surface area contributed by atoms with E-state index in [1.54, 1.807) is 35.4 Å². The van der Waals surface area contributed by atoms with Gasteiger partial charge in [-0.1, -0.05) is 6.07 Å². The van der Waals surface area contributed by atoms with Crippen molar-refractivity contribution in [2.24, 2.45) is 0 Å². The van der Waals surface area contributed by atoms with Gasteiger partial charge in [-0.25, -0.2) is 19.6 Å². The lowest BCUT2D eigenvalue weighted by atomic mass is 10.1. The second kappa shape index (κ2) is 9.97. The largest absolute Gasteiger partial charge is 0.344 e. The number of nitrogens with one attached hydrogen (secondary N) is 3. The van der Waals surface area contributed by atoms with Gasteiger partial charge >= 0.3 is 0 Å². The smallest absolute Gasteiger partial charge is 0.270 e. The number of pyridine rings is 2. The summed E-state index contributed by atoms with van der Waals surface area (Å²) in [5.74, 6) is 2.21. The quantitative estimate of drug-likeness (QED) is 0.308. The van der Waals surface area contributed by atoms with Crippen LogP contribution in [0.3, 0.4) is 0 Å². The molecule has 0 aromatic carbocycles. The van der Waals surface area contributed by atoms with Crippen molar-refractivity contribution in [1.82, 2.24) is 45.2 Å². The van der Waals surface area contributed by atoms with E-state index in [4.69, 9.17) is 0 Å². The minimum Gasteiger partial charge on any atom is -0.344 e. The Hall–Kier alpha value is -4.93. The fourth-order valence-electron chi connectivity index (χ4n) is 3.72. The molecule has 11 nitrogen and oxygen atoms in total. The van der Waals surface area contributed by atoms with Gasteiger partial charge < -0.3 is 10.6 Å². The van der Waals surface area contributed by atoms with E-state index in [1.165, 1.54) is 0 Å². The Morgan fingerprint density at radius 1 is 0.973 bits per heavy atom. The topological polar surface area (TPSA) is 139 Å². The van der Waals surface area contributed by atoms with E-state index in [2.05, 4.69) is 45.9 Å². The van der Waals surface area contributed by atoms with Gasteiger partial charge in [0.1, 0.15) is 11.5 Å². The Kier molecular flexibility index (Phi) is 6.42. The van der Waals surface area contributed by atoms with Gasteiger partial charge in [0.05, 0.1) is 12.2 Å². The number of hydrogen-bond acceptors (Lipinski definition) is 8. The van der Waals surface area contributed by atoms with Gasteiger partial charge in [0.25, 0.3) is 5.91 Å². The number of aromatic nitrogens is 8. The van der Waals surface area contributed by atoms with Crippen LogP contribution in [0.2, 0.25) is 0 Å². The zero-order valence-electron chi connectivity index (χ0n) is 20.9. The molecule has 1 amide bonds. The number of amides is 1. The average Bonchev–Trinajstić information content (AvgIpc) is 3.51. The van der Waals surface area contributed by atoms with Gasteiger partial charge in [-0.3, -0.25) is 14.9 Å². The van der Waals surface area contributed by atoms with E-state index in [0.29, 0.717) is 34.5 Å². The molecule has 0 spiro atoms. The molecule has 37 heavy (non-hydrogen) atoms. The van der Waals surface area contributed by atoms with Crippen molar-refractivity contribution in [3.05, 3.63) is 89.4 Å². The fourth-order valence-corrected chi connectivity index (χ4v) is 3.72. The molecule has 0 bridgehead atoms. The molecule has 0 unspecified atom stereocenters. The second-order valence-corrected chi connectivity index (χ2v) is 8.82. The standard InChI is InChI=1S/C26H26N10O/c1-15-11-29-36(14-15)24-8-6-19(12-28-24)18(4)31-26(37)21-7-5-20(13-27-21)25-30-16(2)9-22(33-25)32-23-10-17(3)34-35-23/h5-14,18H,1-4H3,(H,31,37)(H2,30,32,33,34,35)/t18-/m1/s1. The Labute approximate surface area is 213 Å². The van der Waals surface area contributed by atoms with Crippen LogP contribution >= 0.6 is 0 Å². The molecule has 5 rings (SSSR count). The van der Waals surface area contributed by atoms with Crippen molar-refractivity contribution >= 4 is 17.5 Å². The van der Waals surface area contributed by atoms with Gasteiger partial charge in [-0.15, -0.1) is 0 Å². The predicted octanol–water partition coefficient (Wildman–Crippen LogP) is 4.00. The Morgan fingerprint density at radius 2 is 1.84 bits per heavy atom. The van der Waals surface area contributed by atoms with Crippen LogP contribution in [0.1, 0.15) is 46.0 Å². The van der Waals surface area contributed by atoms with Crippen molar-refractivity contribution in [3.63, 3.8) is 0 Å². The van der Waals surface area contributed by atoms with Crippen molar-refractivity contribution in [1.29, 1.82) is 0 Å². The first-order chi connectivity index (χ1) is 17.8. The summed E-state index contributed by atoms with van der Waals surface area (Å²) in [6.45, 7) is 7.69. The van der Waals surface area contributed by atoms with E-state index >= 15 is 0 Å². The van der Waals surface area contributed by atoms with Gasteiger partial charge in [0.15, 0.2) is 17.5 Å². The highest BCUT2D eigenvalue weighted by Gasteiger charge is 2.15. The monoisotopic (exact) mass is 494 g/mol. The fraction of sp³-hybridized carbons (Fsp3) is 0.192. The van der Waals surface area contributed by atoms with Crippen molar-refractivity contribution in [2.75, 3.05) is 5.32 Å². The number of hydrogen-bond donors (Lipinski definition) is 3. The minimum atomic E-state index is -0.285. The average molecular weight is 495 g/mol. The van der Waals surface area contributed by atoms with Crippen LogP contribution in [0.4, 0.5) is 11.6 Å². The molecule has 0 aliphatic heterocycles. The van der Waals surface area contributed by atoms with Gasteiger partial charge in [-0.2, -0.15) is 10.2 Å². The maximum atomic E-state index is 12.8. The number of carbonyl (C=O) groups excluding carboxylic acids is 1. The van der Waals surface area contributed by atoms with Crippen LogP contribution in [0.5, 0.6) is 0 Å². The number of carbonyl (C=O) groups is 1. The highest BCUT2D eigenvalue weighted by Crippen LogP contribution is 2.20. The van der Waals surface area contributed by atoms with Crippen LogP contribution in [-0.2, 0) is 0 Å². The summed E-state index contributed by atoms with van der Waals surface area (Å²) >= 11 is 0. The third kappa shape index (κ3) is 5.50. The molecule has 5 heterocycles. The highest BCUT2D eigenvalue weighted by atomic mass is 16.1. The zero-order chi connectivity index (χ0) is 25.9. The van der Waals surface area contributed by atoms with E-state index < -0.39 is 0 Å². The molecule has 0 saturated carbocycles. The minimum absolute atomic E-state index is 0.255. The van der Waals surface area contributed by atoms with Gasteiger partial charge in [0, 0.05) is 47.7 Å². The summed E-state index contributed by atoms with van der Waals surface area (Å²) in [5, 5.41) is 17.5. The number of aromatic amines is 1. The van der Waals surface area contributed by atoms with Crippen LogP contribution in [-0.4, -0.2) is 45.8 Å². The molecule has 0 radical (unpaired) electrons. The summed E-state index contributed by atoms with van der Waals surface area (Å²) < 4.78 is 1.71. The molecular weight excluding hydrogens is 468 g/mol. The molecule has 0 aliphatic rings.